The summed E-state index contributed by atoms with van der Waals surface area (Å²) >= 11 is 7.59. The lowest BCUT2D eigenvalue weighted by molar-refractivity contribution is -0.150. The zero-order valence-electron chi connectivity index (χ0n) is 14.5. The standard InChI is InChI=1S/C20H21ClO4S/c1-23-20(22)14-10-11-24-18(12-14)13-26-19-8-6-17(7-9-19)25-16-4-2-15(21)3-5-16/h2-9,14,18H,10-13H2,1H3. The predicted octanol–water partition coefficient (Wildman–Crippen LogP) is 5.19. The summed E-state index contributed by atoms with van der Waals surface area (Å²) in [6, 6.07) is 15.2. The largest absolute Gasteiger partial charge is 0.469 e. The number of rotatable bonds is 6. The number of methoxy groups -OCH3 is 1. The van der Waals surface area contributed by atoms with E-state index in [4.69, 9.17) is 25.8 Å². The molecule has 0 bridgehead atoms. The van der Waals surface area contributed by atoms with Gasteiger partial charge in [0.2, 0.25) is 0 Å². The fourth-order valence-electron chi connectivity index (χ4n) is 2.81. The molecule has 2 unspecified atom stereocenters. The van der Waals surface area contributed by atoms with E-state index in [1.54, 1.807) is 23.9 Å². The molecule has 0 N–H and O–H groups in total. The molecule has 1 aliphatic rings. The lowest BCUT2D eigenvalue weighted by Gasteiger charge is -2.27. The molecule has 1 aliphatic heterocycles. The van der Waals surface area contributed by atoms with Crippen LogP contribution in [0.25, 0.3) is 0 Å². The maximum atomic E-state index is 11.7. The molecule has 0 saturated carbocycles. The minimum atomic E-state index is -0.132. The van der Waals surface area contributed by atoms with Crippen molar-refractivity contribution in [1.29, 1.82) is 0 Å². The Balaban J connectivity index is 1.49. The first-order chi connectivity index (χ1) is 12.6. The van der Waals surface area contributed by atoms with Crippen LogP contribution >= 0.6 is 23.4 Å². The Kier molecular flexibility index (Phi) is 6.83. The molecule has 1 heterocycles. The van der Waals surface area contributed by atoms with Gasteiger partial charge in [-0.05, 0) is 61.4 Å². The number of esters is 1. The SMILES string of the molecule is COC(=O)C1CCOC(CSc2ccc(Oc3ccc(Cl)cc3)cc2)C1. The number of thioether (sulfide) groups is 1. The van der Waals surface area contributed by atoms with Gasteiger partial charge in [-0.1, -0.05) is 11.6 Å². The molecular formula is C20H21ClO4S. The lowest BCUT2D eigenvalue weighted by atomic mass is 9.96. The van der Waals surface area contributed by atoms with Crippen molar-refractivity contribution in [2.45, 2.75) is 23.8 Å². The number of hydrogen-bond acceptors (Lipinski definition) is 5. The first-order valence-electron chi connectivity index (χ1n) is 8.50. The maximum absolute atomic E-state index is 11.7. The molecule has 0 spiro atoms. The second-order valence-electron chi connectivity index (χ2n) is 6.08. The van der Waals surface area contributed by atoms with Gasteiger partial charge in [-0.3, -0.25) is 4.79 Å². The summed E-state index contributed by atoms with van der Waals surface area (Å²) in [5.74, 6) is 2.15. The number of halogens is 1. The second-order valence-corrected chi connectivity index (χ2v) is 7.61. The Bertz CT molecular complexity index is 718. The third kappa shape index (κ3) is 5.40. The van der Waals surface area contributed by atoms with Crippen molar-refractivity contribution in [3.05, 3.63) is 53.6 Å². The van der Waals surface area contributed by atoms with Crippen LogP contribution in [-0.2, 0) is 14.3 Å². The van der Waals surface area contributed by atoms with Crippen molar-refractivity contribution < 1.29 is 19.0 Å². The van der Waals surface area contributed by atoms with E-state index >= 15 is 0 Å². The van der Waals surface area contributed by atoms with Crippen LogP contribution in [0.4, 0.5) is 0 Å². The average Bonchev–Trinajstić information content (AvgIpc) is 2.69. The third-order valence-corrected chi connectivity index (χ3v) is 5.61. The molecule has 138 valence electrons. The number of carbonyl (C=O) groups is 1. The first kappa shape index (κ1) is 19.1. The van der Waals surface area contributed by atoms with Gasteiger partial charge in [-0.25, -0.2) is 0 Å². The summed E-state index contributed by atoms with van der Waals surface area (Å²) < 4.78 is 16.4. The van der Waals surface area contributed by atoms with Crippen LogP contribution in [0.15, 0.2) is 53.4 Å². The highest BCUT2D eigenvalue weighted by Crippen LogP contribution is 2.29. The smallest absolute Gasteiger partial charge is 0.308 e. The first-order valence-corrected chi connectivity index (χ1v) is 9.86. The van der Waals surface area contributed by atoms with Crippen LogP contribution in [0, 0.1) is 5.92 Å². The lowest BCUT2D eigenvalue weighted by Crippen LogP contribution is -2.32. The van der Waals surface area contributed by atoms with Crippen LogP contribution in [0.3, 0.4) is 0 Å². The molecular weight excluding hydrogens is 372 g/mol. The van der Waals surface area contributed by atoms with Crippen molar-refractivity contribution in [1.82, 2.24) is 0 Å². The van der Waals surface area contributed by atoms with Crippen molar-refractivity contribution in [2.24, 2.45) is 5.92 Å². The highest BCUT2D eigenvalue weighted by Gasteiger charge is 2.28. The Morgan fingerprint density at radius 2 is 1.81 bits per heavy atom. The molecule has 3 rings (SSSR count). The second kappa shape index (κ2) is 9.31. The Labute approximate surface area is 162 Å². The minimum absolute atomic E-state index is 0.0468. The Morgan fingerprint density at radius 3 is 2.46 bits per heavy atom. The molecule has 0 radical (unpaired) electrons. The van der Waals surface area contributed by atoms with Crippen LogP contribution in [0.1, 0.15) is 12.8 Å². The van der Waals surface area contributed by atoms with Crippen LogP contribution in [-0.4, -0.2) is 31.5 Å². The highest BCUT2D eigenvalue weighted by molar-refractivity contribution is 7.99. The molecule has 0 aromatic heterocycles. The fraction of sp³-hybridized carbons (Fsp3) is 0.350. The van der Waals surface area contributed by atoms with E-state index in [1.807, 2.05) is 36.4 Å². The maximum Gasteiger partial charge on any atom is 0.308 e. The molecule has 6 heteroatoms. The van der Waals surface area contributed by atoms with E-state index in [0.29, 0.717) is 11.6 Å². The zero-order chi connectivity index (χ0) is 18.4. The summed E-state index contributed by atoms with van der Waals surface area (Å²) in [6.07, 6.45) is 1.53. The summed E-state index contributed by atoms with van der Waals surface area (Å²) in [5.41, 5.74) is 0. The summed E-state index contributed by atoms with van der Waals surface area (Å²) in [7, 11) is 1.44. The van der Waals surface area contributed by atoms with E-state index in [2.05, 4.69) is 0 Å². The molecule has 1 saturated heterocycles. The van der Waals surface area contributed by atoms with Gasteiger partial charge in [0.15, 0.2) is 0 Å². The van der Waals surface area contributed by atoms with Gasteiger partial charge in [0.1, 0.15) is 11.5 Å². The van der Waals surface area contributed by atoms with E-state index < -0.39 is 0 Å². The van der Waals surface area contributed by atoms with Crippen molar-refractivity contribution in [3.63, 3.8) is 0 Å². The van der Waals surface area contributed by atoms with Crippen molar-refractivity contribution in [2.75, 3.05) is 19.5 Å². The molecule has 0 amide bonds. The van der Waals surface area contributed by atoms with Gasteiger partial charge in [-0.2, -0.15) is 0 Å². The van der Waals surface area contributed by atoms with Gasteiger partial charge in [0.25, 0.3) is 0 Å². The molecule has 1 fully saturated rings. The molecule has 2 atom stereocenters. The highest BCUT2D eigenvalue weighted by atomic mass is 35.5. The van der Waals surface area contributed by atoms with Crippen LogP contribution in [0.5, 0.6) is 11.5 Å². The molecule has 0 aliphatic carbocycles. The topological polar surface area (TPSA) is 44.8 Å². The predicted molar refractivity (Wildman–Crippen MR) is 103 cm³/mol. The number of carbonyl (C=O) groups excluding carboxylic acids is 1. The van der Waals surface area contributed by atoms with E-state index in [0.717, 1.165) is 35.0 Å². The monoisotopic (exact) mass is 392 g/mol. The van der Waals surface area contributed by atoms with Gasteiger partial charge in [0.05, 0.1) is 19.1 Å². The summed E-state index contributed by atoms with van der Waals surface area (Å²) in [4.78, 5) is 12.8. The van der Waals surface area contributed by atoms with Crippen molar-refractivity contribution >= 4 is 29.3 Å². The quantitative estimate of drug-likeness (QED) is 0.499. The third-order valence-electron chi connectivity index (χ3n) is 4.21. The van der Waals surface area contributed by atoms with Crippen molar-refractivity contribution in [3.8, 4) is 11.5 Å². The zero-order valence-corrected chi connectivity index (χ0v) is 16.1. The molecule has 2 aromatic rings. The molecule has 2 aromatic carbocycles. The summed E-state index contributed by atoms with van der Waals surface area (Å²) in [5, 5.41) is 0.684. The molecule has 4 nitrogen and oxygen atoms in total. The Hall–Kier alpha value is -1.69. The Morgan fingerprint density at radius 1 is 1.15 bits per heavy atom. The summed E-state index contributed by atoms with van der Waals surface area (Å²) in [6.45, 7) is 0.610. The van der Waals surface area contributed by atoms with Gasteiger partial charge in [0, 0.05) is 22.3 Å². The average molecular weight is 393 g/mol. The van der Waals surface area contributed by atoms with Gasteiger partial charge < -0.3 is 14.2 Å². The fourth-order valence-corrected chi connectivity index (χ4v) is 3.87. The normalized spacial score (nSPS) is 19.8. The van der Waals surface area contributed by atoms with E-state index in [-0.39, 0.29) is 18.0 Å². The minimum Gasteiger partial charge on any atom is -0.469 e. The number of benzene rings is 2. The number of hydrogen-bond donors (Lipinski definition) is 0. The van der Waals surface area contributed by atoms with Gasteiger partial charge in [-0.15, -0.1) is 11.8 Å². The van der Waals surface area contributed by atoms with Crippen LogP contribution < -0.4 is 4.74 Å². The van der Waals surface area contributed by atoms with Gasteiger partial charge >= 0.3 is 5.97 Å². The van der Waals surface area contributed by atoms with E-state index in [1.165, 1.54) is 7.11 Å². The molecule has 26 heavy (non-hydrogen) atoms. The van der Waals surface area contributed by atoms with E-state index in [9.17, 15) is 4.79 Å². The number of ether oxygens (including phenoxy) is 3. The van der Waals surface area contributed by atoms with Crippen LogP contribution in [0.2, 0.25) is 5.02 Å².